The third-order valence-electron chi connectivity index (χ3n) is 3.31. The second-order valence-corrected chi connectivity index (χ2v) is 6.57. The summed E-state index contributed by atoms with van der Waals surface area (Å²) < 4.78 is 0.714. The second kappa shape index (κ2) is 6.84. The fourth-order valence-corrected chi connectivity index (χ4v) is 3.21. The summed E-state index contributed by atoms with van der Waals surface area (Å²) in [5.41, 5.74) is 7.47. The van der Waals surface area contributed by atoms with E-state index in [0.717, 1.165) is 5.56 Å². The molecule has 2 aromatic carbocycles. The maximum atomic E-state index is 11.9. The average Bonchev–Trinajstić information content (AvgIpc) is 2.98. The fraction of sp³-hybridized carbons (Fsp3) is 0. The number of nitrogens with one attached hydrogen (secondary N) is 1. The monoisotopic (exact) mass is 424 g/mol. The van der Waals surface area contributed by atoms with Gasteiger partial charge in [0.15, 0.2) is 0 Å². The minimum atomic E-state index is -0.662. The van der Waals surface area contributed by atoms with Gasteiger partial charge in [0.25, 0.3) is 0 Å². The number of urea groups is 1. The van der Waals surface area contributed by atoms with Gasteiger partial charge in [0.2, 0.25) is 5.95 Å². The van der Waals surface area contributed by atoms with Crippen molar-refractivity contribution < 1.29 is 4.79 Å². The predicted octanol–water partition coefficient (Wildman–Crippen LogP) is 5.36. The van der Waals surface area contributed by atoms with Crippen LogP contribution in [-0.2, 0) is 0 Å². The summed E-state index contributed by atoms with van der Waals surface area (Å²) in [5.74, 6) is 0.287. The third-order valence-corrected chi connectivity index (χ3v) is 4.53. The Hall–Kier alpha value is -2.02. The molecule has 0 unspecified atom stereocenters. The van der Waals surface area contributed by atoms with Gasteiger partial charge >= 0.3 is 6.03 Å². The van der Waals surface area contributed by atoms with Gasteiger partial charge in [-0.25, -0.2) is 14.7 Å². The molecule has 3 N–H and O–H groups in total. The highest BCUT2D eigenvalue weighted by atomic mass is 79.9. The van der Waals surface area contributed by atoms with E-state index in [1.807, 2.05) is 12.1 Å². The zero-order valence-corrected chi connectivity index (χ0v) is 15.2. The van der Waals surface area contributed by atoms with Gasteiger partial charge in [0.05, 0.1) is 22.6 Å². The topological polar surface area (TPSA) is 75.0 Å². The van der Waals surface area contributed by atoms with Crippen molar-refractivity contribution in [2.75, 3.05) is 4.90 Å². The van der Waals surface area contributed by atoms with E-state index in [9.17, 15) is 4.79 Å². The smallest absolute Gasteiger partial charge is 0.326 e. The molecule has 8 heteroatoms. The van der Waals surface area contributed by atoms with Crippen molar-refractivity contribution >= 4 is 56.8 Å². The van der Waals surface area contributed by atoms with Crippen molar-refractivity contribution in [3.8, 4) is 11.3 Å². The maximum absolute atomic E-state index is 11.9. The lowest BCUT2D eigenvalue weighted by Crippen LogP contribution is -2.32. The SMILES string of the molecule is NC(=O)N(c1ncc(-c2ccc(Cl)cc2Cl)[nH]1)c1ccccc1Br. The molecular formula is C16H11BrCl2N4O. The first-order chi connectivity index (χ1) is 11.5. The van der Waals surface area contributed by atoms with Crippen molar-refractivity contribution in [1.29, 1.82) is 0 Å². The number of imidazole rings is 1. The molecule has 3 rings (SSSR count). The summed E-state index contributed by atoms with van der Waals surface area (Å²) in [7, 11) is 0. The van der Waals surface area contributed by atoms with Gasteiger partial charge < -0.3 is 10.7 Å². The van der Waals surface area contributed by atoms with Gasteiger partial charge in [-0.05, 0) is 46.3 Å². The molecule has 1 heterocycles. The number of carbonyl (C=O) groups is 1. The highest BCUT2D eigenvalue weighted by Gasteiger charge is 2.21. The number of halogens is 3. The molecule has 0 atom stereocenters. The summed E-state index contributed by atoms with van der Waals surface area (Å²) in [6, 6.07) is 11.7. The van der Waals surface area contributed by atoms with E-state index in [-0.39, 0.29) is 5.95 Å². The summed E-state index contributed by atoms with van der Waals surface area (Å²) in [6.45, 7) is 0. The normalized spacial score (nSPS) is 10.6. The van der Waals surface area contributed by atoms with Crippen molar-refractivity contribution in [3.63, 3.8) is 0 Å². The van der Waals surface area contributed by atoms with Gasteiger partial charge in [-0.1, -0.05) is 35.3 Å². The van der Waals surface area contributed by atoms with Crippen LogP contribution < -0.4 is 10.6 Å². The first-order valence-electron chi connectivity index (χ1n) is 6.82. The number of aromatic amines is 1. The average molecular weight is 426 g/mol. The Morgan fingerprint density at radius 1 is 1.21 bits per heavy atom. The highest BCUT2D eigenvalue weighted by Crippen LogP contribution is 2.33. The Bertz CT molecular complexity index is 913. The molecule has 3 aromatic rings. The summed E-state index contributed by atoms with van der Waals surface area (Å²) in [4.78, 5) is 20.5. The van der Waals surface area contributed by atoms with E-state index in [4.69, 9.17) is 28.9 Å². The van der Waals surface area contributed by atoms with Crippen LogP contribution in [0.3, 0.4) is 0 Å². The number of para-hydroxylation sites is 1. The first-order valence-corrected chi connectivity index (χ1v) is 8.37. The molecule has 0 spiro atoms. The van der Waals surface area contributed by atoms with Crippen LogP contribution in [0.4, 0.5) is 16.4 Å². The molecule has 2 amide bonds. The van der Waals surface area contributed by atoms with Crippen LogP contribution in [0.5, 0.6) is 0 Å². The van der Waals surface area contributed by atoms with Crippen LogP contribution >= 0.6 is 39.1 Å². The lowest BCUT2D eigenvalue weighted by Gasteiger charge is -2.18. The fourth-order valence-electron chi connectivity index (χ4n) is 2.24. The molecule has 0 radical (unpaired) electrons. The van der Waals surface area contributed by atoms with E-state index in [1.54, 1.807) is 36.5 Å². The zero-order chi connectivity index (χ0) is 17.3. The van der Waals surface area contributed by atoms with Crippen LogP contribution in [-0.4, -0.2) is 16.0 Å². The number of primary amides is 1. The number of rotatable bonds is 3. The number of aromatic nitrogens is 2. The van der Waals surface area contributed by atoms with Crippen LogP contribution in [0.25, 0.3) is 11.3 Å². The number of hydrogen-bond acceptors (Lipinski definition) is 2. The predicted molar refractivity (Wildman–Crippen MR) is 99.9 cm³/mol. The number of benzene rings is 2. The van der Waals surface area contributed by atoms with E-state index in [1.165, 1.54) is 4.90 Å². The van der Waals surface area contributed by atoms with Crippen molar-refractivity contribution in [1.82, 2.24) is 9.97 Å². The number of amides is 2. The van der Waals surface area contributed by atoms with Gasteiger partial charge in [-0.15, -0.1) is 0 Å². The molecule has 0 bridgehead atoms. The van der Waals surface area contributed by atoms with E-state index in [2.05, 4.69) is 25.9 Å². The largest absolute Gasteiger partial charge is 0.351 e. The molecule has 5 nitrogen and oxygen atoms in total. The lowest BCUT2D eigenvalue weighted by atomic mass is 10.2. The number of nitrogens with two attached hydrogens (primary N) is 1. The second-order valence-electron chi connectivity index (χ2n) is 4.87. The quantitative estimate of drug-likeness (QED) is 0.592. The van der Waals surface area contributed by atoms with Gasteiger partial charge in [0, 0.05) is 15.1 Å². The molecule has 0 aliphatic heterocycles. The number of anilines is 2. The first kappa shape index (κ1) is 16.8. The summed E-state index contributed by atoms with van der Waals surface area (Å²) in [5, 5.41) is 1.01. The van der Waals surface area contributed by atoms with Crippen molar-refractivity contribution in [2.24, 2.45) is 5.73 Å². The minimum Gasteiger partial charge on any atom is -0.351 e. The standard InChI is InChI=1S/C16H11BrCl2N4O/c17-11-3-1-2-4-14(11)23(15(20)24)16-21-8-13(22-16)10-6-5-9(18)7-12(10)19/h1-8H,(H2,20,24)(H,21,22). The van der Waals surface area contributed by atoms with Crippen LogP contribution in [0.1, 0.15) is 0 Å². The van der Waals surface area contributed by atoms with E-state index >= 15 is 0 Å². The van der Waals surface area contributed by atoms with Crippen LogP contribution in [0.2, 0.25) is 10.0 Å². The van der Waals surface area contributed by atoms with Crippen LogP contribution in [0.15, 0.2) is 53.1 Å². The van der Waals surface area contributed by atoms with Crippen LogP contribution in [0, 0.1) is 0 Å². The molecule has 0 aliphatic rings. The summed E-state index contributed by atoms with van der Waals surface area (Å²) in [6.07, 6.45) is 1.58. The molecular weight excluding hydrogens is 415 g/mol. The number of carbonyl (C=O) groups excluding carboxylic acids is 1. The van der Waals surface area contributed by atoms with Gasteiger partial charge in [0.1, 0.15) is 0 Å². The molecule has 24 heavy (non-hydrogen) atoms. The van der Waals surface area contributed by atoms with E-state index < -0.39 is 6.03 Å². The third kappa shape index (κ3) is 3.26. The molecule has 1 aromatic heterocycles. The minimum absolute atomic E-state index is 0.287. The molecule has 0 fully saturated rings. The Morgan fingerprint density at radius 2 is 1.96 bits per heavy atom. The van der Waals surface area contributed by atoms with E-state index in [0.29, 0.717) is 25.9 Å². The number of nitrogens with zero attached hydrogens (tertiary/aromatic N) is 2. The van der Waals surface area contributed by atoms with Crippen molar-refractivity contribution in [2.45, 2.75) is 0 Å². The lowest BCUT2D eigenvalue weighted by molar-refractivity contribution is 0.256. The highest BCUT2D eigenvalue weighted by molar-refractivity contribution is 9.10. The zero-order valence-electron chi connectivity index (χ0n) is 12.1. The van der Waals surface area contributed by atoms with Gasteiger partial charge in [-0.2, -0.15) is 0 Å². The Morgan fingerprint density at radius 3 is 2.62 bits per heavy atom. The Balaban J connectivity index is 2.04. The molecule has 0 saturated carbocycles. The molecule has 0 aliphatic carbocycles. The summed E-state index contributed by atoms with van der Waals surface area (Å²) >= 11 is 15.5. The van der Waals surface area contributed by atoms with Gasteiger partial charge in [-0.3, -0.25) is 0 Å². The van der Waals surface area contributed by atoms with Crippen molar-refractivity contribution in [3.05, 3.63) is 63.2 Å². The Labute approximate surface area is 156 Å². The number of hydrogen-bond donors (Lipinski definition) is 2. The Kier molecular flexibility index (Phi) is 4.80. The molecule has 0 saturated heterocycles. The number of H-pyrrole nitrogens is 1. The maximum Gasteiger partial charge on any atom is 0.326 e. The molecule has 122 valence electrons.